The second-order valence-electron chi connectivity index (χ2n) is 26.1. The number of carbonyl (C=O) groups excluding carboxylic acids is 1. The van der Waals surface area contributed by atoms with Crippen LogP contribution in [0.1, 0.15) is 148 Å². The largest absolute Gasteiger partial charge is 0.534 e. The number of aryl methyl sites for hydroxylation is 4. The van der Waals surface area contributed by atoms with Crippen LogP contribution in [0.3, 0.4) is 0 Å². The van der Waals surface area contributed by atoms with Crippen molar-refractivity contribution in [2.75, 3.05) is 0 Å². The Morgan fingerprint density at radius 2 is 0.965 bits per heavy atom. The van der Waals surface area contributed by atoms with Gasteiger partial charge in [0.1, 0.15) is 16.7 Å². The first-order valence-electron chi connectivity index (χ1n) is 27.4. The molecule has 0 saturated carbocycles. The molecule has 4 aromatic carbocycles. The summed E-state index contributed by atoms with van der Waals surface area (Å²) in [5.74, 6) is 0.180. The van der Waals surface area contributed by atoms with Gasteiger partial charge in [-0.15, -0.1) is 0 Å². The zero-order valence-electron chi connectivity index (χ0n) is 50.0. The van der Waals surface area contributed by atoms with E-state index in [4.69, 9.17) is 16.6 Å². The highest BCUT2D eigenvalue weighted by Gasteiger charge is 2.50. The Morgan fingerprint density at radius 1 is 0.541 bits per heavy atom. The monoisotopic (exact) mass is 1210 g/mol. The van der Waals surface area contributed by atoms with Crippen molar-refractivity contribution in [3.05, 3.63) is 137 Å². The molecule has 3 aliphatic heterocycles. The van der Waals surface area contributed by atoms with Crippen LogP contribution in [0.2, 0.25) is 5.15 Å². The molecule has 1 fully saturated rings. The van der Waals surface area contributed by atoms with Crippen LogP contribution < -0.4 is 16.0 Å². The molecule has 7 heterocycles. The minimum Gasteiger partial charge on any atom is -0.381 e. The minimum absolute atomic E-state index is 0. The Morgan fingerprint density at radius 3 is 1.41 bits per heavy atom. The fourth-order valence-electron chi connectivity index (χ4n) is 12.2. The number of hydrogen-bond donors (Lipinski definition) is 3. The molecule has 0 aliphatic carbocycles. The number of carbonyl (C=O) groups is 1. The number of rotatable bonds is 5. The van der Waals surface area contributed by atoms with Crippen molar-refractivity contribution in [3.8, 4) is 22.3 Å². The number of ketones is 1. The van der Waals surface area contributed by atoms with Crippen molar-refractivity contribution >= 4 is 76.7 Å². The van der Waals surface area contributed by atoms with Gasteiger partial charge >= 0.3 is 15.6 Å². The van der Waals surface area contributed by atoms with E-state index in [2.05, 4.69) is 184 Å². The Bertz CT molecular complexity index is 3930. The molecular weight excluding hydrogens is 1120 g/mol. The Labute approximate surface area is 507 Å². The SMILES string of the molecule is C.C.C.CC1(C)C=C(OS(=O)(=O)C(F)(F)F)CC(C)(C)N1.CC1(C)CC(=O)CC(C)(C)N1.Cc1cc(-c2ccc3nc(C4=CC(C)(C)NC(C)(C)C4)ccc3c2)cc2cn(C)nc12.Cc1cc(-c2ccc3nc(Cl)ccc3c2)cc2cn(C)nc12. The molecule has 11 rings (SSSR count). The second-order valence-corrected chi connectivity index (χ2v) is 28.0. The number of halogens is 4. The minimum atomic E-state index is -5.59. The summed E-state index contributed by atoms with van der Waals surface area (Å²) in [5.41, 5.74) is 7.02. The summed E-state index contributed by atoms with van der Waals surface area (Å²) < 4.78 is 66.4. The van der Waals surface area contributed by atoms with Gasteiger partial charge in [0.25, 0.3) is 0 Å². The number of Topliss-reactive ketones (excluding diaryl/α,β-unsaturated/α-hetero) is 1. The quantitative estimate of drug-likeness (QED) is 0.0856. The molecule has 13 nitrogen and oxygen atoms in total. The first-order chi connectivity index (χ1) is 37.7. The molecule has 0 atom stereocenters. The third kappa shape index (κ3) is 17.4. The first kappa shape index (κ1) is 69.3. The zero-order valence-corrected chi connectivity index (χ0v) is 51.5. The standard InChI is InChI=1S/C27H30N4.C18H14ClN3.C10H16F3NO3S.C9H17NO.3CH4/c1-17-11-20(13-21-16-31(6)29-25(17)21)18-7-9-23-19(12-18)8-10-24(28-23)22-14-26(2,3)30-27(4,5)15-22;1-11-7-14(9-15-10-22(2)21-18(11)15)12-3-5-16-13(8-12)4-6-17(19)20-16;1-8(2)5-7(6-9(3,4)14-8)17-18(15,16)10(11,12)13;1-8(2)5-7(11)6-9(3,4)10-8;;;/h7-14,16,30H,15H2,1-6H3;3-10H,1-2H3;5,14H,6H2,1-4H3;10H,5-6H2,1-4H3;3*1H4. The highest BCUT2D eigenvalue weighted by atomic mass is 35.5. The molecule has 0 radical (unpaired) electrons. The zero-order chi connectivity index (χ0) is 60.3. The fourth-order valence-corrected chi connectivity index (χ4v) is 12.8. The summed E-state index contributed by atoms with van der Waals surface area (Å²) in [6, 6.07) is 29.8. The lowest BCUT2D eigenvalue weighted by Gasteiger charge is -2.41. The van der Waals surface area contributed by atoms with Gasteiger partial charge in [-0.1, -0.05) is 58.2 Å². The number of hydrogen-bond acceptors (Lipinski definition) is 11. The Kier molecular flexibility index (Phi) is 20.4. The van der Waals surface area contributed by atoms with E-state index in [1.165, 1.54) is 55.8 Å². The lowest BCUT2D eigenvalue weighted by molar-refractivity contribution is -0.124. The van der Waals surface area contributed by atoms with E-state index in [9.17, 15) is 26.4 Å². The Balaban J connectivity index is 0.000000217. The van der Waals surface area contributed by atoms with Crippen molar-refractivity contribution in [3.63, 3.8) is 0 Å². The van der Waals surface area contributed by atoms with Gasteiger partial charge in [0.2, 0.25) is 0 Å². The molecule has 460 valence electrons. The highest BCUT2D eigenvalue weighted by molar-refractivity contribution is 7.87. The molecule has 3 N–H and O–H groups in total. The van der Waals surface area contributed by atoms with Crippen LogP contribution in [-0.4, -0.2) is 82.5 Å². The van der Waals surface area contributed by atoms with Crippen molar-refractivity contribution in [2.24, 2.45) is 14.1 Å². The number of nitrogens with zero attached hydrogens (tertiary/aromatic N) is 6. The molecule has 8 aromatic rings. The summed E-state index contributed by atoms with van der Waals surface area (Å²) in [6.45, 7) is 28.4. The molecule has 0 bridgehead atoms. The van der Waals surface area contributed by atoms with Crippen molar-refractivity contribution < 1.29 is 30.6 Å². The van der Waals surface area contributed by atoms with E-state index in [1.807, 2.05) is 47.9 Å². The second kappa shape index (κ2) is 25.1. The molecule has 4 aromatic heterocycles. The maximum absolute atomic E-state index is 12.2. The maximum Gasteiger partial charge on any atom is 0.534 e. The number of benzene rings is 4. The number of fused-ring (bicyclic) bond motifs is 4. The van der Waals surface area contributed by atoms with Gasteiger partial charge < -0.3 is 20.1 Å². The van der Waals surface area contributed by atoms with Crippen molar-refractivity contribution in [1.82, 2.24) is 45.5 Å². The smallest absolute Gasteiger partial charge is 0.381 e. The van der Waals surface area contributed by atoms with Crippen LogP contribution in [0.25, 0.3) is 71.4 Å². The maximum atomic E-state index is 12.2. The number of nitrogens with one attached hydrogen (secondary N) is 3. The van der Waals surface area contributed by atoms with Gasteiger partial charge in [0.15, 0.2) is 0 Å². The van der Waals surface area contributed by atoms with E-state index in [0.717, 1.165) is 45.0 Å². The predicted octanol–water partition coefficient (Wildman–Crippen LogP) is 16.5. The molecular formula is C67H89ClF3N9O4S. The van der Waals surface area contributed by atoms with E-state index in [-0.39, 0.29) is 56.6 Å². The normalized spacial score (nSPS) is 18.1. The molecule has 0 amide bonds. The average Bonchev–Trinajstić information content (AvgIpc) is 2.94. The number of pyridine rings is 2. The van der Waals surface area contributed by atoms with Crippen LogP contribution in [0, 0.1) is 13.8 Å². The first-order valence-corrected chi connectivity index (χ1v) is 29.2. The van der Waals surface area contributed by atoms with Crippen LogP contribution in [0.15, 0.2) is 115 Å². The molecule has 3 aliphatic rings. The lowest BCUT2D eigenvalue weighted by Crippen LogP contribution is -2.58. The number of piperidine rings is 1. The molecule has 0 spiro atoms. The Hall–Kier alpha value is -6.50. The van der Waals surface area contributed by atoms with E-state index in [0.29, 0.717) is 23.8 Å². The van der Waals surface area contributed by atoms with Crippen LogP contribution in [-0.2, 0) is 33.2 Å². The summed E-state index contributed by atoms with van der Waals surface area (Å²) in [5, 5.41) is 24.5. The van der Waals surface area contributed by atoms with Crippen LogP contribution in [0.4, 0.5) is 13.2 Å². The van der Waals surface area contributed by atoms with Crippen LogP contribution in [0.5, 0.6) is 0 Å². The van der Waals surface area contributed by atoms with Gasteiger partial charge in [-0.25, -0.2) is 9.97 Å². The van der Waals surface area contributed by atoms with Crippen molar-refractivity contribution in [2.45, 2.75) is 184 Å². The van der Waals surface area contributed by atoms with E-state index in [1.54, 1.807) is 27.7 Å². The molecule has 18 heteroatoms. The van der Waals surface area contributed by atoms with Gasteiger partial charge in [-0.3, -0.25) is 14.2 Å². The summed E-state index contributed by atoms with van der Waals surface area (Å²) in [6.07, 6.45) is 10.2. The third-order valence-corrected chi connectivity index (χ3v) is 15.5. The van der Waals surface area contributed by atoms with Gasteiger partial charge in [0, 0.05) is 101 Å². The van der Waals surface area contributed by atoms with Gasteiger partial charge in [-0.05, 0) is 215 Å². The van der Waals surface area contributed by atoms with Gasteiger partial charge in [-0.2, -0.15) is 31.8 Å². The molecule has 85 heavy (non-hydrogen) atoms. The average molecular weight is 1210 g/mol. The van der Waals surface area contributed by atoms with Gasteiger partial charge in [0.05, 0.1) is 27.8 Å². The molecule has 0 unspecified atom stereocenters. The summed E-state index contributed by atoms with van der Waals surface area (Å²) >= 11 is 5.94. The summed E-state index contributed by atoms with van der Waals surface area (Å²) in [4.78, 5) is 20.6. The predicted molar refractivity (Wildman–Crippen MR) is 347 cm³/mol. The van der Waals surface area contributed by atoms with Crippen molar-refractivity contribution in [1.29, 1.82) is 0 Å². The highest BCUT2D eigenvalue weighted by Crippen LogP contribution is 2.37. The number of alkyl halides is 3. The summed E-state index contributed by atoms with van der Waals surface area (Å²) in [7, 11) is -1.67. The topological polar surface area (TPSA) is 158 Å². The van der Waals surface area contributed by atoms with E-state index >= 15 is 0 Å². The third-order valence-electron chi connectivity index (χ3n) is 14.2. The fraction of sp³-hybridized carbons (Fsp3) is 0.448. The van der Waals surface area contributed by atoms with Crippen LogP contribution >= 0.6 is 11.6 Å². The van der Waals surface area contributed by atoms with E-state index < -0.39 is 26.7 Å². The molecule has 1 saturated heterocycles. The number of aromatic nitrogens is 6. The lowest BCUT2D eigenvalue weighted by atomic mass is 9.82.